The number of ether oxygens (including phenoxy) is 1. The van der Waals surface area contributed by atoms with Crippen molar-refractivity contribution in [1.82, 2.24) is 4.90 Å². The molecule has 1 aliphatic rings. The van der Waals surface area contributed by atoms with E-state index in [2.05, 4.69) is 18.7 Å². The highest BCUT2D eigenvalue weighted by molar-refractivity contribution is 5.27. The average Bonchev–Trinajstić information content (AvgIpc) is 2.35. The van der Waals surface area contributed by atoms with Gasteiger partial charge in [0.1, 0.15) is 18.5 Å². The van der Waals surface area contributed by atoms with Crippen molar-refractivity contribution in [1.29, 1.82) is 0 Å². The molecule has 0 bridgehead atoms. The van der Waals surface area contributed by atoms with Crippen molar-refractivity contribution in [3.05, 3.63) is 29.8 Å². The van der Waals surface area contributed by atoms with Crippen LogP contribution in [0.25, 0.3) is 0 Å². The highest BCUT2D eigenvalue weighted by Crippen LogP contribution is 2.21. The maximum absolute atomic E-state index is 10.1. The van der Waals surface area contributed by atoms with Gasteiger partial charge in [-0.15, -0.1) is 0 Å². The van der Waals surface area contributed by atoms with Crippen LogP contribution >= 0.6 is 0 Å². The molecule has 1 saturated heterocycles. The molecule has 1 fully saturated rings. The van der Waals surface area contributed by atoms with Crippen molar-refractivity contribution < 1.29 is 9.84 Å². The molecule has 112 valence electrons. The van der Waals surface area contributed by atoms with Crippen LogP contribution in [0.15, 0.2) is 24.3 Å². The summed E-state index contributed by atoms with van der Waals surface area (Å²) in [4.78, 5) is 2.36. The van der Waals surface area contributed by atoms with Crippen molar-refractivity contribution in [3.8, 4) is 5.75 Å². The van der Waals surface area contributed by atoms with E-state index < -0.39 is 6.10 Å². The van der Waals surface area contributed by atoms with Gasteiger partial charge in [-0.25, -0.2) is 0 Å². The molecule has 0 unspecified atom stereocenters. The fourth-order valence-electron chi connectivity index (χ4n) is 3.19. The van der Waals surface area contributed by atoms with Crippen LogP contribution in [-0.4, -0.2) is 42.4 Å². The molecule has 1 N–H and O–H groups in total. The normalized spacial score (nSPS) is 25.4. The smallest absolute Gasteiger partial charge is 0.119 e. The van der Waals surface area contributed by atoms with Crippen molar-refractivity contribution >= 4 is 0 Å². The number of piperidine rings is 1. The van der Waals surface area contributed by atoms with Crippen molar-refractivity contribution in [2.24, 2.45) is 11.8 Å². The third-order valence-corrected chi connectivity index (χ3v) is 3.85. The summed E-state index contributed by atoms with van der Waals surface area (Å²) in [7, 11) is 0. The van der Waals surface area contributed by atoms with E-state index in [4.69, 9.17) is 4.74 Å². The number of hydrogen-bond acceptors (Lipinski definition) is 3. The Labute approximate surface area is 122 Å². The molecular weight excluding hydrogens is 250 g/mol. The third-order valence-electron chi connectivity index (χ3n) is 3.85. The largest absolute Gasteiger partial charge is 0.491 e. The summed E-state index contributed by atoms with van der Waals surface area (Å²) >= 11 is 0. The molecule has 0 radical (unpaired) electrons. The van der Waals surface area contributed by atoms with E-state index >= 15 is 0 Å². The SMILES string of the molecule is Cc1cccc(OC[C@H](O)CN2C[C@H](C)C[C@H](C)C2)c1. The summed E-state index contributed by atoms with van der Waals surface area (Å²) in [5.41, 5.74) is 1.18. The predicted octanol–water partition coefficient (Wildman–Crippen LogP) is 2.71. The molecule has 0 aliphatic carbocycles. The van der Waals surface area contributed by atoms with Crippen LogP contribution < -0.4 is 4.74 Å². The molecule has 0 spiro atoms. The first-order chi connectivity index (χ1) is 9.52. The van der Waals surface area contributed by atoms with E-state index in [-0.39, 0.29) is 0 Å². The van der Waals surface area contributed by atoms with Gasteiger partial charge in [0.2, 0.25) is 0 Å². The number of aliphatic hydroxyl groups is 1. The first-order valence-electron chi connectivity index (χ1n) is 7.63. The number of likely N-dealkylation sites (tertiary alicyclic amines) is 1. The second-order valence-corrected chi connectivity index (χ2v) is 6.45. The van der Waals surface area contributed by atoms with Gasteiger partial charge in [-0.05, 0) is 42.9 Å². The number of β-amino-alcohol motifs (C(OH)–C–C–N with tert-alkyl or cyclic N) is 1. The summed E-state index contributed by atoms with van der Waals surface area (Å²) in [5.74, 6) is 2.29. The molecule has 3 nitrogen and oxygen atoms in total. The molecule has 0 aromatic heterocycles. The summed E-state index contributed by atoms with van der Waals surface area (Å²) in [6.45, 7) is 9.87. The molecule has 3 heteroatoms. The number of benzene rings is 1. The quantitative estimate of drug-likeness (QED) is 0.898. The van der Waals surface area contributed by atoms with Crippen LogP contribution in [0.3, 0.4) is 0 Å². The molecular formula is C17H27NO2. The van der Waals surface area contributed by atoms with Gasteiger partial charge in [-0.3, -0.25) is 0 Å². The Morgan fingerprint density at radius 1 is 1.30 bits per heavy atom. The highest BCUT2D eigenvalue weighted by Gasteiger charge is 2.23. The van der Waals surface area contributed by atoms with E-state index in [0.717, 1.165) is 30.7 Å². The summed E-state index contributed by atoms with van der Waals surface area (Å²) in [6, 6.07) is 7.95. The lowest BCUT2D eigenvalue weighted by Crippen LogP contribution is -2.43. The number of aliphatic hydroxyl groups excluding tert-OH is 1. The number of hydrogen-bond donors (Lipinski definition) is 1. The van der Waals surface area contributed by atoms with E-state index in [1.165, 1.54) is 12.0 Å². The fourth-order valence-corrected chi connectivity index (χ4v) is 3.19. The van der Waals surface area contributed by atoms with Crippen LogP contribution in [0.4, 0.5) is 0 Å². The predicted molar refractivity (Wildman–Crippen MR) is 82.1 cm³/mol. The fraction of sp³-hybridized carbons (Fsp3) is 0.647. The molecule has 3 atom stereocenters. The molecule has 20 heavy (non-hydrogen) atoms. The second-order valence-electron chi connectivity index (χ2n) is 6.45. The average molecular weight is 277 g/mol. The van der Waals surface area contributed by atoms with Gasteiger partial charge in [0.25, 0.3) is 0 Å². The van der Waals surface area contributed by atoms with Crippen molar-refractivity contribution in [3.63, 3.8) is 0 Å². The first kappa shape index (κ1) is 15.3. The summed E-state index contributed by atoms with van der Waals surface area (Å²) in [5, 5.41) is 10.1. The number of aryl methyl sites for hydroxylation is 1. The molecule has 1 aliphatic heterocycles. The molecule has 1 aromatic carbocycles. The maximum atomic E-state index is 10.1. The summed E-state index contributed by atoms with van der Waals surface area (Å²) < 4.78 is 5.67. The van der Waals surface area contributed by atoms with E-state index in [0.29, 0.717) is 13.2 Å². The Bertz CT molecular complexity index is 411. The van der Waals surface area contributed by atoms with Gasteiger partial charge in [0.05, 0.1) is 0 Å². The van der Waals surface area contributed by atoms with Crippen molar-refractivity contribution in [2.75, 3.05) is 26.2 Å². The van der Waals surface area contributed by atoms with E-state index in [1.54, 1.807) is 0 Å². The van der Waals surface area contributed by atoms with Gasteiger partial charge < -0.3 is 14.7 Å². The Kier molecular flexibility index (Phi) is 5.44. The molecule has 1 aromatic rings. The Balaban J connectivity index is 1.76. The lowest BCUT2D eigenvalue weighted by Gasteiger charge is -2.35. The lowest BCUT2D eigenvalue weighted by molar-refractivity contribution is 0.0429. The maximum Gasteiger partial charge on any atom is 0.119 e. The highest BCUT2D eigenvalue weighted by atomic mass is 16.5. The molecule has 2 rings (SSSR count). The van der Waals surface area contributed by atoms with Gasteiger partial charge >= 0.3 is 0 Å². The Morgan fingerprint density at radius 2 is 2.00 bits per heavy atom. The molecule has 1 heterocycles. The molecule has 0 amide bonds. The standard InChI is InChI=1S/C17H27NO2/c1-13-5-4-6-17(8-13)20-12-16(19)11-18-9-14(2)7-15(3)10-18/h4-6,8,14-16,19H,7,9-12H2,1-3H3/t14-,15+,16-/m1/s1. The topological polar surface area (TPSA) is 32.7 Å². The number of rotatable bonds is 5. The minimum atomic E-state index is -0.423. The van der Waals surface area contributed by atoms with Crippen LogP contribution in [0, 0.1) is 18.8 Å². The van der Waals surface area contributed by atoms with E-state index in [1.807, 2.05) is 31.2 Å². The van der Waals surface area contributed by atoms with Crippen LogP contribution in [-0.2, 0) is 0 Å². The zero-order valence-electron chi connectivity index (χ0n) is 12.9. The van der Waals surface area contributed by atoms with Crippen LogP contribution in [0.5, 0.6) is 5.75 Å². The van der Waals surface area contributed by atoms with Crippen molar-refractivity contribution in [2.45, 2.75) is 33.3 Å². The zero-order valence-corrected chi connectivity index (χ0v) is 12.9. The second kappa shape index (κ2) is 7.09. The number of nitrogens with zero attached hydrogens (tertiary/aromatic N) is 1. The minimum absolute atomic E-state index is 0.364. The molecule has 0 saturated carbocycles. The first-order valence-corrected chi connectivity index (χ1v) is 7.63. The lowest BCUT2D eigenvalue weighted by atomic mass is 9.92. The van der Waals surface area contributed by atoms with Gasteiger partial charge in [-0.2, -0.15) is 0 Å². The van der Waals surface area contributed by atoms with Gasteiger partial charge in [-0.1, -0.05) is 26.0 Å². The Hall–Kier alpha value is -1.06. The summed E-state index contributed by atoms with van der Waals surface area (Å²) in [6.07, 6.45) is 0.875. The van der Waals surface area contributed by atoms with Gasteiger partial charge in [0, 0.05) is 19.6 Å². The zero-order chi connectivity index (χ0) is 14.5. The van der Waals surface area contributed by atoms with Crippen LogP contribution in [0.1, 0.15) is 25.8 Å². The van der Waals surface area contributed by atoms with E-state index in [9.17, 15) is 5.11 Å². The third kappa shape index (κ3) is 4.80. The Morgan fingerprint density at radius 3 is 2.65 bits per heavy atom. The van der Waals surface area contributed by atoms with Crippen LogP contribution in [0.2, 0.25) is 0 Å². The monoisotopic (exact) mass is 277 g/mol. The minimum Gasteiger partial charge on any atom is -0.491 e. The van der Waals surface area contributed by atoms with Gasteiger partial charge in [0.15, 0.2) is 0 Å².